The van der Waals surface area contributed by atoms with E-state index in [-0.39, 0.29) is 11.2 Å². The summed E-state index contributed by atoms with van der Waals surface area (Å²) >= 11 is 0. The first-order chi connectivity index (χ1) is 15.0. The van der Waals surface area contributed by atoms with E-state index in [0.717, 1.165) is 16.9 Å². The smallest absolute Gasteiger partial charge is 0.192 e. The lowest BCUT2D eigenvalue weighted by atomic mass is 10.1. The van der Waals surface area contributed by atoms with Gasteiger partial charge in [0, 0.05) is 25.7 Å². The van der Waals surface area contributed by atoms with Crippen LogP contribution in [0.5, 0.6) is 11.5 Å². The van der Waals surface area contributed by atoms with E-state index in [0.29, 0.717) is 41.9 Å². The van der Waals surface area contributed by atoms with Crippen molar-refractivity contribution < 1.29 is 14.3 Å². The zero-order chi connectivity index (χ0) is 21.8. The molecule has 0 fully saturated rings. The summed E-state index contributed by atoms with van der Waals surface area (Å²) in [6.07, 6.45) is 0. The fourth-order valence-corrected chi connectivity index (χ4v) is 3.76. The van der Waals surface area contributed by atoms with E-state index in [1.165, 1.54) is 6.07 Å². The molecule has 5 nitrogen and oxygen atoms in total. The third kappa shape index (κ3) is 4.78. The molecule has 5 heteroatoms. The summed E-state index contributed by atoms with van der Waals surface area (Å²) in [5.41, 5.74) is 3.23. The number of hydrogen-bond acceptors (Lipinski definition) is 5. The van der Waals surface area contributed by atoms with Crippen LogP contribution < -0.4 is 10.2 Å². The van der Waals surface area contributed by atoms with E-state index in [2.05, 4.69) is 17.0 Å². The van der Waals surface area contributed by atoms with Gasteiger partial charge in [0.2, 0.25) is 0 Å². The highest BCUT2D eigenvalue weighted by Gasteiger charge is 2.17. The molecule has 1 heterocycles. The van der Waals surface area contributed by atoms with Crippen molar-refractivity contribution in [3.05, 3.63) is 105 Å². The van der Waals surface area contributed by atoms with E-state index in [1.54, 1.807) is 26.2 Å². The quantitative estimate of drug-likeness (QED) is 0.459. The van der Waals surface area contributed by atoms with E-state index in [1.807, 2.05) is 42.5 Å². The van der Waals surface area contributed by atoms with Gasteiger partial charge in [0.05, 0.1) is 18.1 Å². The van der Waals surface area contributed by atoms with Crippen LogP contribution in [-0.2, 0) is 19.6 Å². The van der Waals surface area contributed by atoms with Gasteiger partial charge in [-0.3, -0.25) is 9.69 Å². The maximum absolute atomic E-state index is 12.4. The second-order valence-electron chi connectivity index (χ2n) is 7.64. The normalized spacial score (nSPS) is 11.2. The summed E-state index contributed by atoms with van der Waals surface area (Å²) in [7, 11) is 1.65. The Hall–Kier alpha value is -3.57. The number of hydrogen-bond donors (Lipinski definition) is 1. The summed E-state index contributed by atoms with van der Waals surface area (Å²) < 4.78 is 11.1. The highest BCUT2D eigenvalue weighted by molar-refractivity contribution is 5.82. The van der Waals surface area contributed by atoms with E-state index >= 15 is 0 Å². The van der Waals surface area contributed by atoms with Crippen LogP contribution in [0.25, 0.3) is 11.0 Å². The van der Waals surface area contributed by atoms with Gasteiger partial charge < -0.3 is 14.3 Å². The molecule has 1 aromatic heterocycles. The Morgan fingerprint density at radius 2 is 1.58 bits per heavy atom. The lowest BCUT2D eigenvalue weighted by molar-refractivity contribution is 0.244. The molecule has 0 saturated carbocycles. The van der Waals surface area contributed by atoms with Gasteiger partial charge in [-0.05, 0) is 42.3 Å². The molecule has 1 N–H and O–H groups in total. The zero-order valence-electron chi connectivity index (χ0n) is 17.7. The number of benzene rings is 3. The van der Waals surface area contributed by atoms with Gasteiger partial charge in [-0.1, -0.05) is 42.5 Å². The van der Waals surface area contributed by atoms with Crippen molar-refractivity contribution >= 4 is 11.0 Å². The van der Waals surface area contributed by atoms with Crippen LogP contribution in [0, 0.1) is 6.92 Å². The molecule has 0 aliphatic heterocycles. The molecular weight excluding hydrogens is 390 g/mol. The van der Waals surface area contributed by atoms with Crippen LogP contribution in [0.15, 0.2) is 82.0 Å². The maximum atomic E-state index is 12.4. The second-order valence-corrected chi connectivity index (χ2v) is 7.64. The molecule has 0 atom stereocenters. The standard InChI is InChI=1S/C26H25NO4/c1-18-14-25(29)22-12-13-24(28)23(26(22)31-18)17-27(15-19-6-4-3-5-7-19)16-20-8-10-21(30-2)11-9-20/h3-14,28H,15-17H2,1-2H3. The minimum Gasteiger partial charge on any atom is -0.507 e. The van der Waals surface area contributed by atoms with Crippen molar-refractivity contribution in [3.63, 3.8) is 0 Å². The predicted octanol–water partition coefficient (Wildman–Crippen LogP) is 5.02. The van der Waals surface area contributed by atoms with Crippen molar-refractivity contribution in [1.82, 2.24) is 4.90 Å². The molecule has 0 saturated heterocycles. The second kappa shape index (κ2) is 9.06. The monoisotopic (exact) mass is 415 g/mol. The highest BCUT2D eigenvalue weighted by Crippen LogP contribution is 2.29. The van der Waals surface area contributed by atoms with Crippen molar-refractivity contribution in [2.75, 3.05) is 7.11 Å². The number of fused-ring (bicyclic) bond motifs is 1. The molecule has 31 heavy (non-hydrogen) atoms. The molecule has 0 bridgehead atoms. The van der Waals surface area contributed by atoms with Gasteiger partial charge in [-0.25, -0.2) is 0 Å². The predicted molar refractivity (Wildman–Crippen MR) is 121 cm³/mol. The Balaban J connectivity index is 1.71. The van der Waals surface area contributed by atoms with Gasteiger partial charge in [0.25, 0.3) is 0 Å². The molecule has 158 valence electrons. The van der Waals surface area contributed by atoms with Crippen LogP contribution in [0.4, 0.5) is 0 Å². The number of phenols is 1. The molecule has 3 aromatic carbocycles. The van der Waals surface area contributed by atoms with Crippen molar-refractivity contribution in [1.29, 1.82) is 0 Å². The van der Waals surface area contributed by atoms with Crippen LogP contribution in [0.3, 0.4) is 0 Å². The molecule has 0 spiro atoms. The van der Waals surface area contributed by atoms with E-state index < -0.39 is 0 Å². The van der Waals surface area contributed by atoms with Crippen LogP contribution in [0.1, 0.15) is 22.5 Å². The summed E-state index contributed by atoms with van der Waals surface area (Å²) in [4.78, 5) is 14.6. The van der Waals surface area contributed by atoms with Crippen molar-refractivity contribution in [2.45, 2.75) is 26.6 Å². The summed E-state index contributed by atoms with van der Waals surface area (Å²) in [5, 5.41) is 11.1. The van der Waals surface area contributed by atoms with Gasteiger partial charge >= 0.3 is 0 Å². The third-order valence-corrected chi connectivity index (χ3v) is 5.29. The number of phenolic OH excluding ortho intramolecular Hbond substituents is 1. The Labute approximate surface area is 181 Å². The molecule has 0 radical (unpaired) electrons. The van der Waals surface area contributed by atoms with Gasteiger partial charge in [0.1, 0.15) is 22.8 Å². The topological polar surface area (TPSA) is 62.9 Å². The van der Waals surface area contributed by atoms with E-state index in [4.69, 9.17) is 9.15 Å². The number of nitrogens with zero attached hydrogens (tertiary/aromatic N) is 1. The molecule has 0 aliphatic rings. The molecule has 4 aromatic rings. The Kier molecular flexibility index (Phi) is 6.05. The van der Waals surface area contributed by atoms with Crippen molar-refractivity contribution in [3.8, 4) is 11.5 Å². The molecule has 0 unspecified atom stereocenters. The summed E-state index contributed by atoms with van der Waals surface area (Å²) in [5.74, 6) is 1.45. The van der Waals surface area contributed by atoms with Crippen LogP contribution in [0.2, 0.25) is 0 Å². The van der Waals surface area contributed by atoms with Gasteiger partial charge in [0.15, 0.2) is 5.43 Å². The lowest BCUT2D eigenvalue weighted by Crippen LogP contribution is -2.23. The number of rotatable bonds is 7. The third-order valence-electron chi connectivity index (χ3n) is 5.29. The summed E-state index contributed by atoms with van der Waals surface area (Å²) in [6.45, 7) is 3.51. The van der Waals surface area contributed by atoms with E-state index in [9.17, 15) is 9.90 Å². The molecule has 4 rings (SSSR count). The highest BCUT2D eigenvalue weighted by atomic mass is 16.5. The van der Waals surface area contributed by atoms with Crippen LogP contribution in [-0.4, -0.2) is 17.1 Å². The number of aryl methyl sites for hydroxylation is 1. The fourth-order valence-electron chi connectivity index (χ4n) is 3.76. The van der Waals surface area contributed by atoms with Crippen LogP contribution >= 0.6 is 0 Å². The first-order valence-corrected chi connectivity index (χ1v) is 10.2. The zero-order valence-corrected chi connectivity index (χ0v) is 17.7. The Morgan fingerprint density at radius 3 is 2.26 bits per heavy atom. The van der Waals surface area contributed by atoms with Gasteiger partial charge in [-0.2, -0.15) is 0 Å². The number of methoxy groups -OCH3 is 1. The van der Waals surface area contributed by atoms with Crippen molar-refractivity contribution in [2.24, 2.45) is 0 Å². The largest absolute Gasteiger partial charge is 0.507 e. The first-order valence-electron chi connectivity index (χ1n) is 10.2. The number of ether oxygens (including phenoxy) is 1. The lowest BCUT2D eigenvalue weighted by Gasteiger charge is -2.24. The molecule has 0 amide bonds. The minimum absolute atomic E-state index is 0.107. The Bertz CT molecular complexity index is 1230. The minimum atomic E-state index is -0.107. The Morgan fingerprint density at radius 1 is 0.903 bits per heavy atom. The number of aromatic hydroxyl groups is 1. The fraction of sp³-hybridized carbons (Fsp3) is 0.192. The maximum Gasteiger partial charge on any atom is 0.192 e. The van der Waals surface area contributed by atoms with Gasteiger partial charge in [-0.15, -0.1) is 0 Å². The summed E-state index contributed by atoms with van der Waals surface area (Å²) in [6, 6.07) is 22.8. The average molecular weight is 415 g/mol. The molecular formula is C26H25NO4. The molecule has 0 aliphatic carbocycles. The average Bonchev–Trinajstić information content (AvgIpc) is 2.77. The SMILES string of the molecule is COc1ccc(CN(Cc2ccccc2)Cc2c(O)ccc3c(=O)cc(C)oc23)cc1. The first kappa shape index (κ1) is 20.7.